The number of aliphatic hydroxyl groups is 2. The molecule has 0 bridgehead atoms. The molecule has 0 radical (unpaired) electrons. The summed E-state index contributed by atoms with van der Waals surface area (Å²) in [4.78, 5) is 3.98. The van der Waals surface area contributed by atoms with E-state index < -0.39 is 6.04 Å². The van der Waals surface area contributed by atoms with Gasteiger partial charge in [0.2, 0.25) is 0 Å². The summed E-state index contributed by atoms with van der Waals surface area (Å²) >= 11 is 0. The average Bonchev–Trinajstić information content (AvgIpc) is 2.17. The molecular formula is C8H12N2O2. The zero-order chi connectivity index (χ0) is 8.97. The fourth-order valence-electron chi connectivity index (χ4n) is 0.842. The molecule has 12 heavy (non-hydrogen) atoms. The van der Waals surface area contributed by atoms with Crippen molar-refractivity contribution < 1.29 is 10.2 Å². The van der Waals surface area contributed by atoms with Crippen LogP contribution in [0.15, 0.2) is 18.3 Å². The summed E-state index contributed by atoms with van der Waals surface area (Å²) in [5.41, 5.74) is 6.88. The second kappa shape index (κ2) is 4.15. The zero-order valence-electron chi connectivity index (χ0n) is 6.64. The predicted octanol–water partition coefficient (Wildman–Crippen LogP) is -0.434. The van der Waals surface area contributed by atoms with E-state index in [2.05, 4.69) is 4.98 Å². The lowest BCUT2D eigenvalue weighted by Gasteiger charge is -2.06. The first-order valence-electron chi connectivity index (χ1n) is 3.70. The topological polar surface area (TPSA) is 79.4 Å². The molecular weight excluding hydrogens is 156 g/mol. The van der Waals surface area contributed by atoms with Crippen LogP contribution >= 0.6 is 0 Å². The van der Waals surface area contributed by atoms with Crippen LogP contribution in [-0.4, -0.2) is 21.8 Å². The van der Waals surface area contributed by atoms with Crippen molar-refractivity contribution in [1.29, 1.82) is 0 Å². The third kappa shape index (κ3) is 2.01. The lowest BCUT2D eigenvalue weighted by molar-refractivity contribution is 0.265. The number of aromatic nitrogens is 1. The van der Waals surface area contributed by atoms with Crippen molar-refractivity contribution in [3.63, 3.8) is 0 Å². The van der Waals surface area contributed by atoms with Crippen LogP contribution in [0.25, 0.3) is 0 Å². The normalized spacial score (nSPS) is 12.9. The van der Waals surface area contributed by atoms with Gasteiger partial charge in [-0.2, -0.15) is 0 Å². The minimum atomic E-state index is -0.433. The van der Waals surface area contributed by atoms with E-state index in [1.807, 2.05) is 0 Å². The first-order valence-corrected chi connectivity index (χ1v) is 3.70. The monoisotopic (exact) mass is 168 g/mol. The van der Waals surface area contributed by atoms with Crippen LogP contribution in [0.4, 0.5) is 0 Å². The largest absolute Gasteiger partial charge is 0.394 e. The van der Waals surface area contributed by atoms with E-state index in [-0.39, 0.29) is 13.2 Å². The second-order valence-electron chi connectivity index (χ2n) is 2.54. The van der Waals surface area contributed by atoms with Crippen LogP contribution < -0.4 is 5.73 Å². The van der Waals surface area contributed by atoms with Gasteiger partial charge in [-0.15, -0.1) is 0 Å². The van der Waals surface area contributed by atoms with Gasteiger partial charge >= 0.3 is 0 Å². The van der Waals surface area contributed by atoms with E-state index in [4.69, 9.17) is 15.9 Å². The molecule has 1 rings (SSSR count). The molecule has 1 unspecified atom stereocenters. The van der Waals surface area contributed by atoms with Gasteiger partial charge in [0.25, 0.3) is 0 Å². The molecule has 66 valence electrons. The third-order valence-corrected chi connectivity index (χ3v) is 1.61. The highest BCUT2D eigenvalue weighted by molar-refractivity contribution is 5.15. The Morgan fingerprint density at radius 2 is 2.17 bits per heavy atom. The minimum absolute atomic E-state index is 0.0261. The lowest BCUT2D eigenvalue weighted by Crippen LogP contribution is -2.15. The summed E-state index contributed by atoms with van der Waals surface area (Å²) in [6.07, 6.45) is 1.55. The van der Waals surface area contributed by atoms with E-state index in [0.29, 0.717) is 5.69 Å². The Hall–Kier alpha value is -0.970. The Labute approximate surface area is 70.7 Å². The predicted molar refractivity (Wildman–Crippen MR) is 44.2 cm³/mol. The molecule has 1 aromatic rings. The van der Waals surface area contributed by atoms with Gasteiger partial charge in [0.15, 0.2) is 0 Å². The van der Waals surface area contributed by atoms with Gasteiger partial charge < -0.3 is 15.9 Å². The van der Waals surface area contributed by atoms with Crippen LogP contribution in [-0.2, 0) is 6.61 Å². The van der Waals surface area contributed by atoms with Gasteiger partial charge in [0.1, 0.15) is 0 Å². The van der Waals surface area contributed by atoms with Crippen molar-refractivity contribution in [2.24, 2.45) is 5.73 Å². The van der Waals surface area contributed by atoms with Gasteiger partial charge in [-0.3, -0.25) is 4.98 Å². The Balaban J connectivity index is 2.77. The molecule has 0 aliphatic heterocycles. The molecule has 4 heteroatoms. The summed E-state index contributed by atoms with van der Waals surface area (Å²) in [6, 6.07) is 3.00. The Bertz CT molecular complexity index is 235. The van der Waals surface area contributed by atoms with Gasteiger partial charge in [-0.05, 0) is 11.6 Å². The summed E-state index contributed by atoms with van der Waals surface area (Å²) in [7, 11) is 0. The molecule has 0 aliphatic carbocycles. The quantitative estimate of drug-likeness (QED) is 0.572. The fourth-order valence-corrected chi connectivity index (χ4v) is 0.842. The van der Waals surface area contributed by atoms with Crippen LogP contribution in [0, 0.1) is 0 Å². The molecule has 1 aromatic heterocycles. The second-order valence-corrected chi connectivity index (χ2v) is 2.54. The number of aliphatic hydroxyl groups excluding tert-OH is 2. The number of hydrogen-bond donors (Lipinski definition) is 3. The van der Waals surface area contributed by atoms with E-state index in [1.165, 1.54) is 0 Å². The van der Waals surface area contributed by atoms with Crippen LogP contribution in [0.5, 0.6) is 0 Å². The Kier molecular flexibility index (Phi) is 3.16. The summed E-state index contributed by atoms with van der Waals surface area (Å²) < 4.78 is 0. The molecule has 0 amide bonds. The molecule has 1 heterocycles. The smallest absolute Gasteiger partial charge is 0.0704 e. The minimum Gasteiger partial charge on any atom is -0.394 e. The van der Waals surface area contributed by atoms with E-state index in [9.17, 15) is 0 Å². The van der Waals surface area contributed by atoms with Crippen molar-refractivity contribution in [2.75, 3.05) is 6.61 Å². The molecule has 0 saturated carbocycles. The first-order chi connectivity index (χ1) is 5.77. The van der Waals surface area contributed by atoms with Crippen molar-refractivity contribution in [1.82, 2.24) is 4.98 Å². The standard InChI is InChI=1S/C8H12N2O2/c9-7(5-12)8-2-1-6(4-11)3-10-8/h1-3,7,11-12H,4-5,9H2. The number of rotatable bonds is 3. The Morgan fingerprint density at radius 1 is 1.42 bits per heavy atom. The molecule has 0 spiro atoms. The fraction of sp³-hybridized carbons (Fsp3) is 0.375. The molecule has 0 aliphatic rings. The SMILES string of the molecule is NC(CO)c1ccc(CO)cn1. The molecule has 0 fully saturated rings. The molecule has 4 N–H and O–H groups in total. The van der Waals surface area contributed by atoms with Crippen LogP contribution in [0.2, 0.25) is 0 Å². The first kappa shape index (κ1) is 9.12. The maximum absolute atomic E-state index is 8.70. The maximum atomic E-state index is 8.70. The van der Waals surface area contributed by atoms with Gasteiger partial charge in [-0.25, -0.2) is 0 Å². The highest BCUT2D eigenvalue weighted by Crippen LogP contribution is 2.06. The summed E-state index contributed by atoms with van der Waals surface area (Å²) in [6.45, 7) is -0.146. The third-order valence-electron chi connectivity index (χ3n) is 1.61. The molecule has 4 nitrogen and oxygen atoms in total. The number of nitrogens with zero attached hydrogens (tertiary/aromatic N) is 1. The molecule has 0 aromatic carbocycles. The summed E-state index contributed by atoms with van der Waals surface area (Å²) in [5, 5.41) is 17.4. The molecule has 0 saturated heterocycles. The van der Waals surface area contributed by atoms with Gasteiger partial charge in [0.05, 0.1) is 24.9 Å². The van der Waals surface area contributed by atoms with Gasteiger partial charge in [-0.1, -0.05) is 6.07 Å². The van der Waals surface area contributed by atoms with E-state index in [1.54, 1.807) is 18.3 Å². The number of pyridine rings is 1. The van der Waals surface area contributed by atoms with Crippen molar-refractivity contribution >= 4 is 0 Å². The van der Waals surface area contributed by atoms with Crippen LogP contribution in [0.3, 0.4) is 0 Å². The maximum Gasteiger partial charge on any atom is 0.0704 e. The zero-order valence-corrected chi connectivity index (χ0v) is 6.64. The Morgan fingerprint density at radius 3 is 2.58 bits per heavy atom. The van der Waals surface area contributed by atoms with E-state index >= 15 is 0 Å². The number of hydrogen-bond acceptors (Lipinski definition) is 4. The summed E-state index contributed by atoms with van der Waals surface area (Å²) in [5.74, 6) is 0. The van der Waals surface area contributed by atoms with Gasteiger partial charge in [0, 0.05) is 6.20 Å². The number of nitrogens with two attached hydrogens (primary N) is 1. The van der Waals surface area contributed by atoms with Crippen molar-refractivity contribution in [3.05, 3.63) is 29.6 Å². The lowest BCUT2D eigenvalue weighted by atomic mass is 10.2. The van der Waals surface area contributed by atoms with Crippen LogP contribution in [0.1, 0.15) is 17.3 Å². The average molecular weight is 168 g/mol. The van der Waals surface area contributed by atoms with E-state index in [0.717, 1.165) is 5.56 Å². The van der Waals surface area contributed by atoms with Crippen molar-refractivity contribution in [2.45, 2.75) is 12.6 Å². The highest BCUT2D eigenvalue weighted by atomic mass is 16.3. The highest BCUT2D eigenvalue weighted by Gasteiger charge is 2.04. The van der Waals surface area contributed by atoms with Crippen molar-refractivity contribution in [3.8, 4) is 0 Å². The molecule has 1 atom stereocenters.